The summed E-state index contributed by atoms with van der Waals surface area (Å²) >= 11 is 0. The van der Waals surface area contributed by atoms with E-state index in [1.807, 2.05) is 39.3 Å². The number of carbonyl (C=O) groups is 1. The van der Waals surface area contributed by atoms with Crippen molar-refractivity contribution < 1.29 is 9.53 Å². The molecular weight excluding hydrogens is 394 g/mol. The van der Waals surface area contributed by atoms with Crippen molar-refractivity contribution in [3.63, 3.8) is 0 Å². The maximum atomic E-state index is 11.7. The highest BCUT2D eigenvalue weighted by Crippen LogP contribution is 2.20. The van der Waals surface area contributed by atoms with Crippen molar-refractivity contribution >= 4 is 28.2 Å². The average Bonchev–Trinajstić information content (AvgIpc) is 3.21. The highest BCUT2D eigenvalue weighted by atomic mass is 16.5. The first-order valence-corrected chi connectivity index (χ1v) is 9.61. The first kappa shape index (κ1) is 23.4. The molecule has 0 radical (unpaired) electrons. The predicted octanol–water partition coefficient (Wildman–Crippen LogP) is 2.61. The van der Waals surface area contributed by atoms with Gasteiger partial charge in [0.25, 0.3) is 5.91 Å². The Morgan fingerprint density at radius 1 is 1.19 bits per heavy atom. The van der Waals surface area contributed by atoms with Crippen molar-refractivity contribution in [3.05, 3.63) is 66.3 Å². The number of fused-ring (bicyclic) bond motifs is 1. The summed E-state index contributed by atoms with van der Waals surface area (Å²) in [5.41, 5.74) is 6.25. The highest BCUT2D eigenvalue weighted by molar-refractivity contribution is 6.05. The van der Waals surface area contributed by atoms with Crippen LogP contribution in [0.15, 0.2) is 54.9 Å². The standard InChI is InChI=1S/C20H22N6O2.C2H7N/c1-22-20(27)19-11-13-10-14(4-5-17(13)24-19)25-26(2)9-7-16(21)18-12-15(28-3)6-8-23-18;1-3-2/h4-12,21,24-25H,1-3H3,(H,22,27);3H,1-2H3/b9-7-,21-16?;. The lowest BCUT2D eigenvalue weighted by atomic mass is 10.2. The number of nitrogens with one attached hydrogen (secondary N) is 5. The van der Waals surface area contributed by atoms with Gasteiger partial charge in [-0.15, -0.1) is 0 Å². The van der Waals surface area contributed by atoms with Crippen LogP contribution in [0.5, 0.6) is 5.75 Å². The molecule has 0 aliphatic heterocycles. The summed E-state index contributed by atoms with van der Waals surface area (Å²) in [6.45, 7) is 0. The summed E-state index contributed by atoms with van der Waals surface area (Å²) < 4.78 is 5.16. The molecule has 5 N–H and O–H groups in total. The number of aromatic nitrogens is 2. The number of hydrogen-bond acceptors (Lipinski definition) is 7. The molecular formula is C22H29N7O2. The van der Waals surface area contributed by atoms with E-state index in [0.717, 1.165) is 16.6 Å². The number of methoxy groups -OCH3 is 1. The van der Waals surface area contributed by atoms with E-state index in [1.54, 1.807) is 55.8 Å². The first-order chi connectivity index (χ1) is 14.9. The molecule has 0 saturated carbocycles. The van der Waals surface area contributed by atoms with Crippen molar-refractivity contribution in [2.24, 2.45) is 0 Å². The van der Waals surface area contributed by atoms with E-state index in [4.69, 9.17) is 10.1 Å². The van der Waals surface area contributed by atoms with E-state index < -0.39 is 0 Å². The molecule has 3 rings (SSSR count). The third-order valence-corrected chi connectivity index (χ3v) is 4.11. The Labute approximate surface area is 182 Å². The van der Waals surface area contributed by atoms with Gasteiger partial charge in [0.15, 0.2) is 0 Å². The van der Waals surface area contributed by atoms with Crippen LogP contribution in [0.4, 0.5) is 5.69 Å². The van der Waals surface area contributed by atoms with E-state index in [0.29, 0.717) is 17.1 Å². The molecule has 0 unspecified atom stereocenters. The molecule has 0 saturated heterocycles. The molecule has 0 atom stereocenters. The van der Waals surface area contributed by atoms with Gasteiger partial charge < -0.3 is 20.4 Å². The van der Waals surface area contributed by atoms with Gasteiger partial charge in [0.2, 0.25) is 0 Å². The number of hydrazine groups is 1. The van der Waals surface area contributed by atoms with Crippen LogP contribution in [0.3, 0.4) is 0 Å². The minimum atomic E-state index is -0.157. The van der Waals surface area contributed by atoms with Crippen molar-refractivity contribution in [2.75, 3.05) is 40.7 Å². The number of anilines is 1. The van der Waals surface area contributed by atoms with Crippen LogP contribution in [-0.4, -0.2) is 61.9 Å². The van der Waals surface area contributed by atoms with Crippen LogP contribution in [0.1, 0.15) is 16.2 Å². The minimum absolute atomic E-state index is 0.157. The van der Waals surface area contributed by atoms with Crippen molar-refractivity contribution in [3.8, 4) is 5.75 Å². The SMILES string of the molecule is CNC.CNC(=O)c1cc2cc(NN(C)/C=C\C(=N)c3cc(OC)ccn3)ccc2[nH]1. The maximum absolute atomic E-state index is 11.7. The summed E-state index contributed by atoms with van der Waals surface area (Å²) in [6.07, 6.45) is 4.99. The van der Waals surface area contributed by atoms with Crippen molar-refractivity contribution in [1.82, 2.24) is 25.6 Å². The highest BCUT2D eigenvalue weighted by Gasteiger charge is 2.08. The predicted molar refractivity (Wildman–Crippen MR) is 125 cm³/mol. The number of allylic oxidation sites excluding steroid dienone is 1. The summed E-state index contributed by atoms with van der Waals surface area (Å²) in [6, 6.07) is 11.0. The number of pyridine rings is 1. The van der Waals surface area contributed by atoms with Gasteiger partial charge in [0, 0.05) is 43.5 Å². The molecule has 0 aliphatic rings. The Balaban J connectivity index is 0.00000107. The number of H-pyrrole nitrogens is 1. The van der Waals surface area contributed by atoms with E-state index in [-0.39, 0.29) is 11.6 Å². The van der Waals surface area contributed by atoms with E-state index in [2.05, 4.69) is 26.0 Å². The lowest BCUT2D eigenvalue weighted by Crippen LogP contribution is -2.19. The van der Waals surface area contributed by atoms with Crippen molar-refractivity contribution in [2.45, 2.75) is 0 Å². The number of benzene rings is 1. The molecule has 1 aromatic carbocycles. The summed E-state index contributed by atoms with van der Waals surface area (Å²) in [4.78, 5) is 19.0. The van der Waals surface area contributed by atoms with Gasteiger partial charge >= 0.3 is 0 Å². The third kappa shape index (κ3) is 6.58. The third-order valence-electron chi connectivity index (χ3n) is 4.11. The molecule has 2 aromatic heterocycles. The molecule has 31 heavy (non-hydrogen) atoms. The Morgan fingerprint density at radius 3 is 2.61 bits per heavy atom. The van der Waals surface area contributed by atoms with E-state index in [9.17, 15) is 4.79 Å². The Kier molecular flexibility index (Phi) is 8.59. The fraction of sp³-hybridized carbons (Fsp3) is 0.227. The number of hydrogen-bond donors (Lipinski definition) is 5. The summed E-state index contributed by atoms with van der Waals surface area (Å²) in [5.74, 6) is 0.501. The Hall–Kier alpha value is -3.85. The molecule has 9 heteroatoms. The lowest BCUT2D eigenvalue weighted by Gasteiger charge is -2.17. The summed E-state index contributed by atoms with van der Waals surface area (Å²) in [5, 5.41) is 16.2. The largest absolute Gasteiger partial charge is 0.497 e. The molecule has 3 aromatic rings. The van der Waals surface area contributed by atoms with Crippen molar-refractivity contribution in [1.29, 1.82) is 5.41 Å². The zero-order chi connectivity index (χ0) is 22.8. The fourth-order valence-corrected chi connectivity index (χ4v) is 2.66. The second-order valence-corrected chi connectivity index (χ2v) is 6.60. The second-order valence-electron chi connectivity index (χ2n) is 6.60. The molecule has 0 fully saturated rings. The van der Waals surface area contributed by atoms with Crippen LogP contribution in [0.2, 0.25) is 0 Å². The Morgan fingerprint density at radius 2 is 1.94 bits per heavy atom. The zero-order valence-electron chi connectivity index (χ0n) is 18.4. The fourth-order valence-electron chi connectivity index (χ4n) is 2.66. The topological polar surface area (TPSA) is 118 Å². The number of ether oxygens (including phenoxy) is 1. The Bertz CT molecular complexity index is 1060. The molecule has 2 heterocycles. The minimum Gasteiger partial charge on any atom is -0.497 e. The smallest absolute Gasteiger partial charge is 0.267 e. The van der Waals surface area contributed by atoms with Gasteiger partial charge in [-0.1, -0.05) is 0 Å². The van der Waals surface area contributed by atoms with E-state index in [1.165, 1.54) is 0 Å². The number of rotatable bonds is 7. The van der Waals surface area contributed by atoms with Gasteiger partial charge in [-0.3, -0.25) is 25.6 Å². The second kappa shape index (κ2) is 11.4. The maximum Gasteiger partial charge on any atom is 0.267 e. The molecule has 0 aliphatic carbocycles. The lowest BCUT2D eigenvalue weighted by molar-refractivity contribution is 0.0959. The van der Waals surface area contributed by atoms with Gasteiger partial charge in [-0.2, -0.15) is 0 Å². The molecule has 9 nitrogen and oxygen atoms in total. The quantitative estimate of drug-likeness (QED) is 0.294. The van der Waals surface area contributed by atoms with Crippen LogP contribution in [0.25, 0.3) is 10.9 Å². The van der Waals surface area contributed by atoms with Crippen LogP contribution in [0, 0.1) is 5.41 Å². The first-order valence-electron chi connectivity index (χ1n) is 9.61. The number of aromatic amines is 1. The molecule has 164 valence electrons. The van der Waals surface area contributed by atoms with Crippen LogP contribution >= 0.6 is 0 Å². The molecule has 1 amide bonds. The average molecular weight is 424 g/mol. The van der Waals surface area contributed by atoms with Gasteiger partial charge in [-0.05, 0) is 50.5 Å². The zero-order valence-corrected chi connectivity index (χ0v) is 18.4. The normalized spacial score (nSPS) is 10.4. The van der Waals surface area contributed by atoms with Crippen LogP contribution < -0.4 is 20.8 Å². The molecule has 0 bridgehead atoms. The summed E-state index contributed by atoms with van der Waals surface area (Å²) in [7, 11) is 8.76. The monoisotopic (exact) mass is 423 g/mol. The van der Waals surface area contributed by atoms with Gasteiger partial charge in [0.1, 0.15) is 11.4 Å². The van der Waals surface area contributed by atoms with Gasteiger partial charge in [-0.25, -0.2) is 0 Å². The molecule has 0 spiro atoms. The van der Waals surface area contributed by atoms with E-state index >= 15 is 0 Å². The van der Waals surface area contributed by atoms with Gasteiger partial charge in [0.05, 0.1) is 24.2 Å². The number of nitrogens with zero attached hydrogens (tertiary/aromatic N) is 2. The van der Waals surface area contributed by atoms with Crippen LogP contribution in [-0.2, 0) is 0 Å². The number of carbonyl (C=O) groups excluding carboxylic acids is 1. The number of amides is 1.